The van der Waals surface area contributed by atoms with Crippen LogP contribution in [0.5, 0.6) is 5.75 Å². The summed E-state index contributed by atoms with van der Waals surface area (Å²) >= 11 is 5.88. The van der Waals surface area contributed by atoms with Crippen molar-refractivity contribution in [3.8, 4) is 11.6 Å². The van der Waals surface area contributed by atoms with E-state index in [1.54, 1.807) is 18.3 Å². The van der Waals surface area contributed by atoms with Gasteiger partial charge in [0, 0.05) is 29.5 Å². The molecule has 5 rings (SSSR count). The highest BCUT2D eigenvalue weighted by Crippen LogP contribution is 2.45. The topological polar surface area (TPSA) is 101 Å². The number of anilines is 2. The fraction of sp³-hybridized carbons (Fsp3) is 0.250. The van der Waals surface area contributed by atoms with E-state index in [1.807, 2.05) is 54.4 Å². The first-order chi connectivity index (χ1) is 18.6. The summed E-state index contributed by atoms with van der Waals surface area (Å²) in [4.78, 5) is 11.3. The zero-order valence-electron chi connectivity index (χ0n) is 22.3. The Labute approximate surface area is 233 Å². The number of nitrogens with one attached hydrogen (secondary N) is 2. The molecule has 4 heterocycles. The molecule has 0 radical (unpaired) electrons. The highest BCUT2D eigenvalue weighted by atomic mass is 32.2. The van der Waals surface area contributed by atoms with Crippen molar-refractivity contribution in [3.63, 3.8) is 0 Å². The monoisotopic (exact) mass is 562 g/mol. The number of benzene rings is 1. The summed E-state index contributed by atoms with van der Waals surface area (Å²) in [6.45, 7) is 6.14. The smallest absolute Gasteiger partial charge is 0.229 e. The molecule has 1 aromatic carbocycles. The Kier molecular flexibility index (Phi) is 7.04. The third-order valence-electron chi connectivity index (χ3n) is 6.77. The number of aryl methyl sites for hydroxylation is 2. The lowest BCUT2D eigenvalue weighted by molar-refractivity contribution is 0.417. The standard InChI is InChI=1S/C28H30N6O3S2/c1-17-9-12-25(30-16-17)33-18(2)14-21(19(33)3)27-26(22-8-6-7-13-29-22)31-28(38)34(27)20-10-11-24(37-4)23(15-20)32-39(5,35)36/h6-16,26-27,32H,1-5H3,(H,31,38)/t26-,27+/m1/s1. The minimum absolute atomic E-state index is 0.257. The van der Waals surface area contributed by atoms with Crippen LogP contribution in [0.15, 0.2) is 67.0 Å². The summed E-state index contributed by atoms with van der Waals surface area (Å²) in [5, 5.41) is 3.97. The van der Waals surface area contributed by atoms with Gasteiger partial charge in [0.15, 0.2) is 5.11 Å². The predicted molar refractivity (Wildman–Crippen MR) is 157 cm³/mol. The summed E-state index contributed by atoms with van der Waals surface area (Å²) < 4.78 is 34.3. The normalized spacial score (nSPS) is 17.3. The molecule has 2 atom stereocenters. The summed E-state index contributed by atoms with van der Waals surface area (Å²) in [7, 11) is -2.04. The van der Waals surface area contributed by atoms with Crippen LogP contribution in [0.2, 0.25) is 0 Å². The second kappa shape index (κ2) is 10.3. The highest BCUT2D eigenvalue weighted by molar-refractivity contribution is 7.92. The van der Waals surface area contributed by atoms with Crippen LogP contribution in [0, 0.1) is 20.8 Å². The summed E-state index contributed by atoms with van der Waals surface area (Å²) in [6.07, 6.45) is 4.73. The van der Waals surface area contributed by atoms with Gasteiger partial charge in [-0.15, -0.1) is 0 Å². The third kappa shape index (κ3) is 5.19. The molecule has 0 bridgehead atoms. The van der Waals surface area contributed by atoms with E-state index >= 15 is 0 Å². The number of methoxy groups -OCH3 is 1. The molecule has 1 aliphatic heterocycles. The molecule has 0 spiro atoms. The number of hydrogen-bond acceptors (Lipinski definition) is 6. The molecule has 9 nitrogen and oxygen atoms in total. The maximum Gasteiger partial charge on any atom is 0.229 e. The van der Waals surface area contributed by atoms with Gasteiger partial charge in [-0.05, 0) is 86.6 Å². The first-order valence-corrected chi connectivity index (χ1v) is 14.7. The van der Waals surface area contributed by atoms with Gasteiger partial charge in [0.2, 0.25) is 10.0 Å². The van der Waals surface area contributed by atoms with Crippen LogP contribution in [0.4, 0.5) is 11.4 Å². The molecule has 3 aromatic heterocycles. The first kappa shape index (κ1) is 26.6. The van der Waals surface area contributed by atoms with E-state index in [0.717, 1.165) is 40.3 Å². The molecule has 39 heavy (non-hydrogen) atoms. The molecule has 1 fully saturated rings. The van der Waals surface area contributed by atoms with Crippen LogP contribution < -0.4 is 19.7 Å². The number of sulfonamides is 1. The Balaban J connectivity index is 1.68. The van der Waals surface area contributed by atoms with Crippen molar-refractivity contribution in [2.45, 2.75) is 32.9 Å². The Morgan fingerprint density at radius 2 is 1.85 bits per heavy atom. The fourth-order valence-corrected chi connectivity index (χ4v) is 6.01. The third-order valence-corrected chi connectivity index (χ3v) is 7.67. The molecule has 1 saturated heterocycles. The molecule has 202 valence electrons. The van der Waals surface area contributed by atoms with Crippen molar-refractivity contribution < 1.29 is 13.2 Å². The summed E-state index contributed by atoms with van der Waals surface area (Å²) in [5.41, 5.74) is 6.07. The lowest BCUT2D eigenvalue weighted by Crippen LogP contribution is -2.29. The van der Waals surface area contributed by atoms with Crippen LogP contribution in [0.25, 0.3) is 5.82 Å². The lowest BCUT2D eigenvalue weighted by Gasteiger charge is -2.29. The van der Waals surface area contributed by atoms with Crippen molar-refractivity contribution in [3.05, 3.63) is 95.2 Å². The largest absolute Gasteiger partial charge is 0.495 e. The molecule has 0 aliphatic carbocycles. The number of thiocarbonyl (C=S) groups is 1. The molecular weight excluding hydrogens is 532 g/mol. The van der Waals surface area contributed by atoms with E-state index in [9.17, 15) is 8.42 Å². The van der Waals surface area contributed by atoms with Crippen LogP contribution in [0.3, 0.4) is 0 Å². The molecule has 0 saturated carbocycles. The molecule has 1 aliphatic rings. The van der Waals surface area contributed by atoms with E-state index in [4.69, 9.17) is 17.0 Å². The fourth-order valence-electron chi connectivity index (χ4n) is 5.11. The van der Waals surface area contributed by atoms with Gasteiger partial charge in [-0.2, -0.15) is 0 Å². The van der Waals surface area contributed by atoms with Gasteiger partial charge in [0.1, 0.15) is 11.6 Å². The van der Waals surface area contributed by atoms with Gasteiger partial charge in [-0.25, -0.2) is 13.4 Å². The number of ether oxygens (including phenoxy) is 1. The molecule has 0 amide bonds. The molecular formula is C28H30N6O3S2. The van der Waals surface area contributed by atoms with Gasteiger partial charge in [0.05, 0.1) is 36.8 Å². The quantitative estimate of drug-likeness (QED) is 0.311. The molecule has 2 N–H and O–H groups in total. The maximum atomic E-state index is 12.1. The van der Waals surface area contributed by atoms with Crippen molar-refractivity contribution in [2.75, 3.05) is 23.0 Å². The van der Waals surface area contributed by atoms with Crippen molar-refractivity contribution >= 4 is 38.7 Å². The van der Waals surface area contributed by atoms with Crippen LogP contribution in [0.1, 0.15) is 40.3 Å². The first-order valence-electron chi connectivity index (χ1n) is 12.4. The van der Waals surface area contributed by atoms with Crippen molar-refractivity contribution in [1.82, 2.24) is 19.9 Å². The van der Waals surface area contributed by atoms with Gasteiger partial charge in [-0.1, -0.05) is 12.1 Å². The highest BCUT2D eigenvalue weighted by Gasteiger charge is 2.42. The average molecular weight is 563 g/mol. The van der Waals surface area contributed by atoms with Crippen molar-refractivity contribution in [1.29, 1.82) is 0 Å². The van der Waals surface area contributed by atoms with E-state index in [-0.39, 0.29) is 12.1 Å². The van der Waals surface area contributed by atoms with Gasteiger partial charge < -0.3 is 19.5 Å². The predicted octanol–water partition coefficient (Wildman–Crippen LogP) is 4.75. The average Bonchev–Trinajstić information content (AvgIpc) is 3.39. The number of aromatic nitrogens is 3. The zero-order valence-corrected chi connectivity index (χ0v) is 24.0. The van der Waals surface area contributed by atoms with Gasteiger partial charge in [-0.3, -0.25) is 9.71 Å². The Hall–Kier alpha value is -3.96. The van der Waals surface area contributed by atoms with Gasteiger partial charge >= 0.3 is 0 Å². The van der Waals surface area contributed by atoms with E-state index in [0.29, 0.717) is 22.2 Å². The molecule has 0 unspecified atom stereocenters. The number of rotatable bonds is 7. The summed E-state index contributed by atoms with van der Waals surface area (Å²) in [6, 6.07) is 16.8. The van der Waals surface area contributed by atoms with E-state index < -0.39 is 10.0 Å². The maximum absolute atomic E-state index is 12.1. The van der Waals surface area contributed by atoms with Crippen molar-refractivity contribution in [2.24, 2.45) is 0 Å². The zero-order chi connectivity index (χ0) is 27.9. The molecule has 11 heteroatoms. The minimum Gasteiger partial charge on any atom is -0.495 e. The number of hydrogen-bond donors (Lipinski definition) is 2. The SMILES string of the molecule is COc1ccc(N2C(=S)N[C@H](c3ccccn3)[C@@H]2c2cc(C)n(-c3ccc(C)cn3)c2C)cc1NS(C)(=O)=O. The summed E-state index contributed by atoms with van der Waals surface area (Å²) in [5.74, 6) is 1.24. The van der Waals surface area contributed by atoms with Gasteiger partial charge in [0.25, 0.3) is 0 Å². The van der Waals surface area contributed by atoms with E-state index in [2.05, 4.69) is 44.5 Å². The van der Waals surface area contributed by atoms with Crippen LogP contribution in [-0.4, -0.2) is 41.4 Å². The van der Waals surface area contributed by atoms with E-state index in [1.165, 1.54) is 7.11 Å². The Morgan fingerprint density at radius 3 is 2.49 bits per heavy atom. The lowest BCUT2D eigenvalue weighted by atomic mass is 9.96. The van der Waals surface area contributed by atoms with Crippen LogP contribution in [-0.2, 0) is 10.0 Å². The number of nitrogens with zero attached hydrogens (tertiary/aromatic N) is 4. The minimum atomic E-state index is -3.54. The second-order valence-electron chi connectivity index (χ2n) is 9.61. The molecule has 4 aromatic rings. The second-order valence-corrected chi connectivity index (χ2v) is 11.7. The Morgan fingerprint density at radius 1 is 1.05 bits per heavy atom. The Bertz CT molecular complexity index is 1640. The van der Waals surface area contributed by atoms with Crippen LogP contribution >= 0.6 is 12.2 Å². The number of pyridine rings is 2.